The van der Waals surface area contributed by atoms with E-state index in [2.05, 4.69) is 15.3 Å². The van der Waals surface area contributed by atoms with Gasteiger partial charge in [-0.3, -0.25) is 4.79 Å². The molecule has 4 saturated carbocycles. The zero-order valence-electron chi connectivity index (χ0n) is 18.1. The number of nitrogens with one attached hydrogen (secondary N) is 1. The van der Waals surface area contributed by atoms with Crippen molar-refractivity contribution in [3.05, 3.63) is 51.4 Å². The first kappa shape index (κ1) is 20.7. The van der Waals surface area contributed by atoms with E-state index in [1.54, 1.807) is 24.5 Å². The molecule has 5 nitrogen and oxygen atoms in total. The Morgan fingerprint density at radius 3 is 2.34 bits per heavy atom. The van der Waals surface area contributed by atoms with Crippen LogP contribution < -0.4 is 5.32 Å². The fourth-order valence-corrected chi connectivity index (χ4v) is 7.84. The minimum Gasteiger partial charge on any atom is -0.369 e. The average Bonchev–Trinajstić information content (AvgIpc) is 2.75. The smallest absolute Gasteiger partial charge is 0.254 e. The zero-order chi connectivity index (χ0) is 21.9. The number of hydrogen-bond donors (Lipinski definition) is 1. The summed E-state index contributed by atoms with van der Waals surface area (Å²) in [4.78, 5) is 24.0. The van der Waals surface area contributed by atoms with Crippen molar-refractivity contribution in [2.24, 2.45) is 23.2 Å². The van der Waals surface area contributed by atoms with Gasteiger partial charge in [-0.25, -0.2) is 9.97 Å². The SMILES string of the molecule is O=C(c1cc(Cl)cc(Cl)c1)N1CCc2c(ncnc2NCC23CC4CC(CC(C4)C2)C3)C1. The first-order valence-corrected chi connectivity index (χ1v) is 12.5. The molecule has 0 unspecified atom stereocenters. The van der Waals surface area contributed by atoms with E-state index in [1.807, 2.05) is 4.90 Å². The van der Waals surface area contributed by atoms with Gasteiger partial charge < -0.3 is 10.2 Å². The van der Waals surface area contributed by atoms with Crippen LogP contribution in [0.25, 0.3) is 0 Å². The molecule has 1 N–H and O–H groups in total. The lowest BCUT2D eigenvalue weighted by Crippen LogP contribution is -2.49. The normalized spacial score (nSPS) is 30.3. The van der Waals surface area contributed by atoms with Gasteiger partial charge in [-0.15, -0.1) is 0 Å². The Hall–Kier alpha value is -1.85. The molecule has 4 fully saturated rings. The fourth-order valence-electron chi connectivity index (χ4n) is 7.32. The Labute approximate surface area is 198 Å². The van der Waals surface area contributed by atoms with Crippen LogP contribution in [-0.2, 0) is 13.0 Å². The minimum absolute atomic E-state index is 0.0678. The molecule has 1 aliphatic heterocycles. The molecule has 1 amide bonds. The molecular formula is C25H28Cl2N4O. The van der Waals surface area contributed by atoms with Crippen LogP contribution in [0.3, 0.4) is 0 Å². The fraction of sp³-hybridized carbons (Fsp3) is 0.560. The number of amides is 1. The molecule has 0 atom stereocenters. The number of benzene rings is 1. The number of anilines is 1. The van der Waals surface area contributed by atoms with Crippen LogP contribution in [0.4, 0.5) is 5.82 Å². The number of aromatic nitrogens is 2. The third-order valence-electron chi connectivity index (χ3n) is 8.20. The molecule has 1 aromatic carbocycles. The van der Waals surface area contributed by atoms with Crippen molar-refractivity contribution in [2.45, 2.75) is 51.5 Å². The van der Waals surface area contributed by atoms with Crippen LogP contribution in [0, 0.1) is 23.2 Å². The van der Waals surface area contributed by atoms with E-state index >= 15 is 0 Å². The van der Waals surface area contributed by atoms with E-state index in [4.69, 9.17) is 23.2 Å². The number of rotatable bonds is 4. The highest BCUT2D eigenvalue weighted by atomic mass is 35.5. The third-order valence-corrected chi connectivity index (χ3v) is 8.64. The minimum atomic E-state index is -0.0678. The van der Waals surface area contributed by atoms with Crippen LogP contribution in [0.2, 0.25) is 10.0 Å². The third kappa shape index (κ3) is 3.77. The highest BCUT2D eigenvalue weighted by Crippen LogP contribution is 2.59. The molecule has 168 valence electrons. The topological polar surface area (TPSA) is 58.1 Å². The summed E-state index contributed by atoms with van der Waals surface area (Å²) in [7, 11) is 0. The second kappa shape index (κ2) is 7.88. The van der Waals surface area contributed by atoms with Crippen molar-refractivity contribution in [1.82, 2.24) is 14.9 Å². The Bertz CT molecular complexity index is 1020. The zero-order valence-corrected chi connectivity index (χ0v) is 19.6. The standard InChI is InChI=1S/C25H28Cl2N4O/c26-19-6-18(7-20(27)8-19)24(32)31-2-1-21-22(12-31)29-14-30-23(21)28-13-25-9-15-3-16(10-25)5-17(4-15)11-25/h6-8,14-17H,1-5,9-13H2,(H,28,29,30). The summed E-state index contributed by atoms with van der Waals surface area (Å²) in [6, 6.07) is 4.98. The molecule has 0 saturated heterocycles. The summed E-state index contributed by atoms with van der Waals surface area (Å²) in [5.74, 6) is 3.73. The Morgan fingerprint density at radius 1 is 1.03 bits per heavy atom. The van der Waals surface area contributed by atoms with E-state index in [0.717, 1.165) is 47.8 Å². The highest BCUT2D eigenvalue weighted by Gasteiger charge is 2.50. The predicted molar refractivity (Wildman–Crippen MR) is 126 cm³/mol. The van der Waals surface area contributed by atoms with E-state index in [0.29, 0.717) is 34.1 Å². The lowest BCUT2D eigenvalue weighted by molar-refractivity contribution is -0.0444. The molecule has 2 aromatic rings. The number of carbonyl (C=O) groups excluding carboxylic acids is 1. The first-order valence-electron chi connectivity index (χ1n) is 11.8. The quantitative estimate of drug-likeness (QED) is 0.630. The van der Waals surface area contributed by atoms with Gasteiger partial charge in [-0.1, -0.05) is 23.2 Å². The van der Waals surface area contributed by atoms with Crippen molar-refractivity contribution in [3.8, 4) is 0 Å². The van der Waals surface area contributed by atoms with Gasteiger partial charge in [0.25, 0.3) is 5.91 Å². The molecule has 7 rings (SSSR count). The monoisotopic (exact) mass is 470 g/mol. The van der Waals surface area contributed by atoms with Crippen LogP contribution in [0.1, 0.15) is 60.1 Å². The average molecular weight is 471 g/mol. The van der Waals surface area contributed by atoms with E-state index in [9.17, 15) is 4.79 Å². The van der Waals surface area contributed by atoms with Crippen LogP contribution in [-0.4, -0.2) is 33.9 Å². The molecule has 5 aliphatic rings. The van der Waals surface area contributed by atoms with Crippen LogP contribution in [0.15, 0.2) is 24.5 Å². The van der Waals surface area contributed by atoms with Crippen molar-refractivity contribution >= 4 is 34.9 Å². The number of fused-ring (bicyclic) bond motifs is 1. The van der Waals surface area contributed by atoms with Gasteiger partial charge in [0.2, 0.25) is 0 Å². The first-order chi connectivity index (χ1) is 15.5. The summed E-state index contributed by atoms with van der Waals surface area (Å²) in [5.41, 5.74) is 3.06. The van der Waals surface area contributed by atoms with Gasteiger partial charge in [0.15, 0.2) is 0 Å². The van der Waals surface area contributed by atoms with E-state index < -0.39 is 0 Å². The number of carbonyl (C=O) groups is 1. The van der Waals surface area contributed by atoms with Gasteiger partial charge in [-0.2, -0.15) is 0 Å². The highest BCUT2D eigenvalue weighted by molar-refractivity contribution is 6.35. The second-order valence-corrected chi connectivity index (χ2v) is 11.4. The van der Waals surface area contributed by atoms with Gasteiger partial charge in [0, 0.05) is 34.3 Å². The van der Waals surface area contributed by atoms with Gasteiger partial charge in [0.05, 0.1) is 12.2 Å². The molecule has 32 heavy (non-hydrogen) atoms. The maximum Gasteiger partial charge on any atom is 0.254 e. The Morgan fingerprint density at radius 2 is 1.69 bits per heavy atom. The summed E-state index contributed by atoms with van der Waals surface area (Å²) < 4.78 is 0. The van der Waals surface area contributed by atoms with Gasteiger partial charge in [-0.05, 0) is 86.3 Å². The van der Waals surface area contributed by atoms with Crippen molar-refractivity contribution in [2.75, 3.05) is 18.4 Å². The number of hydrogen-bond acceptors (Lipinski definition) is 4. The Kier molecular flexibility index (Phi) is 5.10. The lowest BCUT2D eigenvalue weighted by atomic mass is 9.49. The number of halogens is 2. The lowest BCUT2D eigenvalue weighted by Gasteiger charge is -2.57. The van der Waals surface area contributed by atoms with E-state index in [-0.39, 0.29) is 5.91 Å². The number of nitrogens with zero attached hydrogens (tertiary/aromatic N) is 3. The van der Waals surface area contributed by atoms with Crippen molar-refractivity contribution in [3.63, 3.8) is 0 Å². The summed E-state index contributed by atoms with van der Waals surface area (Å²) in [6.45, 7) is 2.13. The molecular weight excluding hydrogens is 443 g/mol. The van der Waals surface area contributed by atoms with Gasteiger partial charge >= 0.3 is 0 Å². The summed E-state index contributed by atoms with van der Waals surface area (Å²) in [6.07, 6.45) is 10.9. The van der Waals surface area contributed by atoms with Crippen LogP contribution in [0.5, 0.6) is 0 Å². The molecule has 7 heteroatoms. The molecule has 4 aliphatic carbocycles. The maximum atomic E-state index is 13.0. The van der Waals surface area contributed by atoms with Gasteiger partial charge in [0.1, 0.15) is 12.1 Å². The van der Waals surface area contributed by atoms with Crippen LogP contribution >= 0.6 is 23.2 Å². The molecule has 2 heterocycles. The predicted octanol–water partition coefficient (Wildman–Crippen LogP) is 5.61. The van der Waals surface area contributed by atoms with Crippen molar-refractivity contribution in [1.29, 1.82) is 0 Å². The largest absolute Gasteiger partial charge is 0.369 e. The molecule has 0 radical (unpaired) electrons. The molecule has 0 spiro atoms. The second-order valence-electron chi connectivity index (χ2n) is 10.6. The van der Waals surface area contributed by atoms with E-state index in [1.165, 1.54) is 38.5 Å². The Balaban J connectivity index is 1.17. The molecule has 4 bridgehead atoms. The maximum absolute atomic E-state index is 13.0. The summed E-state index contributed by atoms with van der Waals surface area (Å²) >= 11 is 12.2. The van der Waals surface area contributed by atoms with Crippen molar-refractivity contribution < 1.29 is 4.79 Å². The summed E-state index contributed by atoms with van der Waals surface area (Å²) in [5, 5.41) is 4.67. The molecule has 1 aromatic heterocycles.